The SMILES string of the molecule is CCCNC(=O)C(CC)N(Cc1ccccc1C)C(=O)CN(c1cccc(C)c1C)S(=O)(=O)c1ccc(C)cc1. The van der Waals surface area contributed by atoms with E-state index in [2.05, 4.69) is 5.32 Å². The number of carbonyl (C=O) groups is 2. The van der Waals surface area contributed by atoms with Crippen molar-refractivity contribution in [3.05, 3.63) is 94.5 Å². The predicted octanol–water partition coefficient (Wildman–Crippen LogP) is 5.45. The molecule has 0 spiro atoms. The van der Waals surface area contributed by atoms with Crippen LogP contribution in [0, 0.1) is 27.7 Å². The molecular weight excluding hydrogens is 522 g/mol. The van der Waals surface area contributed by atoms with Gasteiger partial charge in [0.1, 0.15) is 12.6 Å². The van der Waals surface area contributed by atoms with Crippen LogP contribution < -0.4 is 9.62 Å². The van der Waals surface area contributed by atoms with Crippen LogP contribution in [0.15, 0.2) is 71.6 Å². The Kier molecular flexibility index (Phi) is 10.5. The fourth-order valence-corrected chi connectivity index (χ4v) is 6.08. The van der Waals surface area contributed by atoms with Gasteiger partial charge in [0.15, 0.2) is 0 Å². The van der Waals surface area contributed by atoms with Gasteiger partial charge in [0.2, 0.25) is 11.8 Å². The van der Waals surface area contributed by atoms with Crippen LogP contribution in [0.1, 0.15) is 54.5 Å². The van der Waals surface area contributed by atoms with Crippen LogP contribution in [0.25, 0.3) is 0 Å². The van der Waals surface area contributed by atoms with Crippen LogP contribution in [-0.4, -0.2) is 44.3 Å². The van der Waals surface area contributed by atoms with E-state index in [9.17, 15) is 18.0 Å². The zero-order chi connectivity index (χ0) is 29.4. The normalized spacial score (nSPS) is 12.1. The van der Waals surface area contributed by atoms with Gasteiger partial charge in [0.05, 0.1) is 10.6 Å². The number of anilines is 1. The monoisotopic (exact) mass is 563 g/mol. The zero-order valence-corrected chi connectivity index (χ0v) is 25.2. The minimum atomic E-state index is -4.10. The van der Waals surface area contributed by atoms with E-state index in [1.807, 2.05) is 71.9 Å². The summed E-state index contributed by atoms with van der Waals surface area (Å²) in [5, 5.41) is 2.92. The zero-order valence-electron chi connectivity index (χ0n) is 24.4. The van der Waals surface area contributed by atoms with Crippen LogP contribution in [-0.2, 0) is 26.2 Å². The van der Waals surface area contributed by atoms with Crippen LogP contribution in [0.2, 0.25) is 0 Å². The number of aryl methyl sites for hydroxylation is 3. The summed E-state index contributed by atoms with van der Waals surface area (Å²) in [6.07, 6.45) is 1.16. The molecule has 7 nitrogen and oxygen atoms in total. The molecule has 3 aromatic rings. The van der Waals surface area contributed by atoms with Gasteiger partial charge >= 0.3 is 0 Å². The molecule has 0 aliphatic heterocycles. The molecule has 0 heterocycles. The molecule has 0 fully saturated rings. The maximum Gasteiger partial charge on any atom is 0.264 e. The molecule has 0 radical (unpaired) electrons. The van der Waals surface area contributed by atoms with E-state index >= 15 is 0 Å². The van der Waals surface area contributed by atoms with Crippen molar-refractivity contribution in [3.8, 4) is 0 Å². The van der Waals surface area contributed by atoms with E-state index in [0.717, 1.165) is 34.2 Å². The van der Waals surface area contributed by atoms with Crippen molar-refractivity contribution in [2.45, 2.75) is 71.9 Å². The maximum absolute atomic E-state index is 14.2. The number of nitrogens with one attached hydrogen (secondary N) is 1. The van der Waals surface area contributed by atoms with E-state index < -0.39 is 28.5 Å². The molecular formula is C32H41N3O4S. The number of hydrogen-bond acceptors (Lipinski definition) is 4. The smallest absolute Gasteiger partial charge is 0.264 e. The molecule has 0 aliphatic rings. The Morgan fingerprint density at radius 3 is 2.12 bits per heavy atom. The highest BCUT2D eigenvalue weighted by Crippen LogP contribution is 2.29. The van der Waals surface area contributed by atoms with Gasteiger partial charge < -0.3 is 10.2 Å². The Morgan fingerprint density at radius 2 is 1.50 bits per heavy atom. The first-order chi connectivity index (χ1) is 19.0. The van der Waals surface area contributed by atoms with Crippen LogP contribution in [0.3, 0.4) is 0 Å². The molecule has 1 atom stereocenters. The van der Waals surface area contributed by atoms with Crippen molar-refractivity contribution in [2.24, 2.45) is 0 Å². The van der Waals surface area contributed by atoms with Crippen LogP contribution in [0.4, 0.5) is 5.69 Å². The molecule has 8 heteroatoms. The first-order valence-corrected chi connectivity index (χ1v) is 15.2. The molecule has 3 aromatic carbocycles. The molecule has 1 N–H and O–H groups in total. The number of nitrogens with zero attached hydrogens (tertiary/aromatic N) is 2. The summed E-state index contributed by atoms with van der Waals surface area (Å²) in [4.78, 5) is 29.0. The highest BCUT2D eigenvalue weighted by molar-refractivity contribution is 7.92. The van der Waals surface area contributed by atoms with Gasteiger partial charge in [-0.05, 0) is 81.0 Å². The molecule has 0 bridgehead atoms. The summed E-state index contributed by atoms with van der Waals surface area (Å²) in [5.41, 5.74) is 4.94. The van der Waals surface area contributed by atoms with E-state index in [0.29, 0.717) is 18.7 Å². The number of sulfonamides is 1. The average Bonchev–Trinajstić information content (AvgIpc) is 2.93. The Morgan fingerprint density at radius 1 is 0.850 bits per heavy atom. The lowest BCUT2D eigenvalue weighted by atomic mass is 10.1. The molecule has 0 aliphatic carbocycles. The molecule has 1 unspecified atom stereocenters. The molecule has 0 saturated carbocycles. The lowest BCUT2D eigenvalue weighted by Gasteiger charge is -2.34. The van der Waals surface area contributed by atoms with E-state index in [-0.39, 0.29) is 17.3 Å². The standard InChI is InChI=1S/C32H41N3O4S/c1-7-20-33-32(37)29(8-2)34(21-27-14-10-9-12-25(27)5)31(36)22-35(30-15-11-13-24(4)26(30)6)40(38,39)28-18-16-23(3)17-19-28/h9-19,29H,7-8,20-22H2,1-6H3,(H,33,37). The van der Waals surface area contributed by atoms with Gasteiger partial charge in [0, 0.05) is 13.1 Å². The second-order valence-corrected chi connectivity index (χ2v) is 12.1. The second kappa shape index (κ2) is 13.6. The number of rotatable bonds is 12. The highest BCUT2D eigenvalue weighted by atomic mass is 32.2. The second-order valence-electron chi connectivity index (χ2n) is 10.2. The third kappa shape index (κ3) is 7.10. The Labute approximate surface area is 239 Å². The summed E-state index contributed by atoms with van der Waals surface area (Å²) in [5.74, 6) is -0.690. The van der Waals surface area contributed by atoms with Gasteiger partial charge in [0.25, 0.3) is 10.0 Å². The van der Waals surface area contributed by atoms with Gasteiger partial charge in [-0.25, -0.2) is 8.42 Å². The van der Waals surface area contributed by atoms with Gasteiger partial charge in [-0.3, -0.25) is 13.9 Å². The molecule has 214 valence electrons. The molecule has 40 heavy (non-hydrogen) atoms. The van der Waals surface area contributed by atoms with E-state index in [4.69, 9.17) is 0 Å². The summed E-state index contributed by atoms with van der Waals surface area (Å²) in [6.45, 7) is 11.7. The van der Waals surface area contributed by atoms with E-state index in [1.54, 1.807) is 36.4 Å². The van der Waals surface area contributed by atoms with E-state index in [1.165, 1.54) is 9.21 Å². The molecule has 0 saturated heterocycles. The van der Waals surface area contributed by atoms with Crippen molar-refractivity contribution in [3.63, 3.8) is 0 Å². The first kappa shape index (κ1) is 30.9. The number of carbonyl (C=O) groups excluding carboxylic acids is 2. The topological polar surface area (TPSA) is 86.8 Å². The Balaban J connectivity index is 2.11. The number of benzene rings is 3. The van der Waals surface area contributed by atoms with Crippen molar-refractivity contribution >= 4 is 27.5 Å². The lowest BCUT2D eigenvalue weighted by Crippen LogP contribution is -2.52. The fourth-order valence-electron chi connectivity index (χ4n) is 4.61. The maximum atomic E-state index is 14.2. The fraction of sp³-hybridized carbons (Fsp3) is 0.375. The van der Waals surface area contributed by atoms with Gasteiger partial charge in [-0.15, -0.1) is 0 Å². The molecule has 0 aromatic heterocycles. The summed E-state index contributed by atoms with van der Waals surface area (Å²) in [6, 6.07) is 19.0. The summed E-state index contributed by atoms with van der Waals surface area (Å²) >= 11 is 0. The first-order valence-electron chi connectivity index (χ1n) is 13.8. The van der Waals surface area contributed by atoms with Crippen LogP contribution in [0.5, 0.6) is 0 Å². The largest absolute Gasteiger partial charge is 0.354 e. The predicted molar refractivity (Wildman–Crippen MR) is 161 cm³/mol. The summed E-state index contributed by atoms with van der Waals surface area (Å²) < 4.78 is 29.3. The minimum Gasteiger partial charge on any atom is -0.354 e. The van der Waals surface area contributed by atoms with Crippen molar-refractivity contribution < 1.29 is 18.0 Å². The summed E-state index contributed by atoms with van der Waals surface area (Å²) in [7, 11) is -4.10. The third-order valence-electron chi connectivity index (χ3n) is 7.27. The number of hydrogen-bond donors (Lipinski definition) is 1. The van der Waals surface area contributed by atoms with Gasteiger partial charge in [-0.2, -0.15) is 0 Å². The van der Waals surface area contributed by atoms with Gasteiger partial charge in [-0.1, -0.05) is 67.9 Å². The molecule has 2 amide bonds. The average molecular weight is 564 g/mol. The third-order valence-corrected chi connectivity index (χ3v) is 9.04. The molecule has 3 rings (SSSR count). The van der Waals surface area contributed by atoms with Crippen molar-refractivity contribution in [2.75, 3.05) is 17.4 Å². The quantitative estimate of drug-likeness (QED) is 0.318. The highest BCUT2D eigenvalue weighted by Gasteiger charge is 2.34. The van der Waals surface area contributed by atoms with Crippen LogP contribution >= 0.6 is 0 Å². The van der Waals surface area contributed by atoms with Crippen molar-refractivity contribution in [1.29, 1.82) is 0 Å². The Hall–Kier alpha value is -3.65. The Bertz CT molecular complexity index is 1430. The lowest BCUT2D eigenvalue weighted by molar-refractivity contribution is -0.140. The minimum absolute atomic E-state index is 0.102. The van der Waals surface area contributed by atoms with Crippen molar-refractivity contribution in [1.82, 2.24) is 10.2 Å². The number of amides is 2.